The number of barbiturate groups is 1. The average molecular weight is 464 g/mol. The number of carbonyl (C=O) groups excluding carboxylic acids is 3. The van der Waals surface area contributed by atoms with E-state index in [0.717, 1.165) is 4.90 Å². The Bertz CT molecular complexity index is 1250. The van der Waals surface area contributed by atoms with Gasteiger partial charge < -0.3 is 13.9 Å². The maximum atomic E-state index is 13.4. The number of rotatable bonds is 8. The van der Waals surface area contributed by atoms with E-state index in [1.807, 2.05) is 0 Å². The van der Waals surface area contributed by atoms with Crippen molar-refractivity contribution >= 4 is 23.9 Å². The highest BCUT2D eigenvalue weighted by Crippen LogP contribution is 2.30. The summed E-state index contributed by atoms with van der Waals surface area (Å²) in [6, 6.07) is 13.4. The molecule has 0 aliphatic carbocycles. The molecule has 0 radical (unpaired) electrons. The van der Waals surface area contributed by atoms with Crippen molar-refractivity contribution in [3.63, 3.8) is 0 Å². The van der Waals surface area contributed by atoms with Crippen molar-refractivity contribution < 1.29 is 32.7 Å². The van der Waals surface area contributed by atoms with Crippen LogP contribution >= 0.6 is 0 Å². The molecule has 174 valence electrons. The highest BCUT2D eigenvalue weighted by molar-refractivity contribution is 6.30. The fourth-order valence-electron chi connectivity index (χ4n) is 3.35. The molecule has 34 heavy (non-hydrogen) atoms. The minimum atomic E-state index is -0.820. The van der Waals surface area contributed by atoms with Crippen molar-refractivity contribution in [3.05, 3.63) is 89.1 Å². The number of nitrogens with zero attached hydrogens (tertiary/aromatic N) is 1. The molecule has 2 aromatic carbocycles. The Balaban J connectivity index is 1.56. The first-order chi connectivity index (χ1) is 16.4. The van der Waals surface area contributed by atoms with Gasteiger partial charge in [-0.05, 0) is 60.5 Å². The number of carbonyl (C=O) groups is 3. The standard InChI is InChI=1S/C25H21FN2O6/c1-2-32-22-13-16(8-9-21(22)34-15-17-5-3-6-18(26)11-17)12-20-23(29)27-25(31)28(24(20)30)14-19-7-4-10-33-19/h3-13H,2,14-15H2,1H3,(H,27,29,31)/b20-12+. The lowest BCUT2D eigenvalue weighted by Crippen LogP contribution is -2.53. The van der Waals surface area contributed by atoms with Gasteiger partial charge in [-0.2, -0.15) is 0 Å². The van der Waals surface area contributed by atoms with Crippen molar-refractivity contribution in [2.75, 3.05) is 6.61 Å². The molecule has 1 saturated heterocycles. The minimum Gasteiger partial charge on any atom is -0.490 e. The maximum absolute atomic E-state index is 13.4. The SMILES string of the molecule is CCOc1cc(/C=C2\C(=O)NC(=O)N(Cc3ccco3)C2=O)ccc1OCc1cccc(F)c1. The monoisotopic (exact) mass is 464 g/mol. The maximum Gasteiger partial charge on any atom is 0.331 e. The van der Waals surface area contributed by atoms with Crippen LogP contribution in [0.25, 0.3) is 6.08 Å². The normalized spacial score (nSPS) is 14.9. The summed E-state index contributed by atoms with van der Waals surface area (Å²) in [5.74, 6) is -0.689. The van der Waals surface area contributed by atoms with Crippen LogP contribution in [0.15, 0.2) is 70.9 Å². The molecule has 1 aliphatic rings. The summed E-state index contributed by atoms with van der Waals surface area (Å²) in [4.78, 5) is 38.3. The molecule has 0 unspecified atom stereocenters. The van der Waals surface area contributed by atoms with E-state index < -0.39 is 17.8 Å². The molecule has 8 nitrogen and oxygen atoms in total. The topological polar surface area (TPSA) is 98.1 Å². The highest BCUT2D eigenvalue weighted by Gasteiger charge is 2.36. The summed E-state index contributed by atoms with van der Waals surface area (Å²) in [7, 11) is 0. The molecule has 4 rings (SSSR count). The lowest BCUT2D eigenvalue weighted by atomic mass is 10.1. The fraction of sp³-hybridized carbons (Fsp3) is 0.160. The Morgan fingerprint density at radius 3 is 2.62 bits per heavy atom. The number of imide groups is 2. The van der Waals surface area contributed by atoms with Crippen LogP contribution < -0.4 is 14.8 Å². The van der Waals surface area contributed by atoms with E-state index in [0.29, 0.717) is 35.0 Å². The summed E-state index contributed by atoms with van der Waals surface area (Å²) < 4.78 is 30.0. The second-order valence-corrected chi connectivity index (χ2v) is 7.35. The quantitative estimate of drug-likeness (QED) is 0.399. The van der Waals surface area contributed by atoms with Gasteiger partial charge in [0, 0.05) is 0 Å². The van der Waals surface area contributed by atoms with Gasteiger partial charge in [0.2, 0.25) is 0 Å². The van der Waals surface area contributed by atoms with Crippen molar-refractivity contribution in [2.45, 2.75) is 20.1 Å². The molecule has 9 heteroatoms. The molecular formula is C25H21FN2O6. The zero-order chi connectivity index (χ0) is 24.1. The van der Waals surface area contributed by atoms with Gasteiger partial charge in [-0.25, -0.2) is 9.18 Å². The largest absolute Gasteiger partial charge is 0.490 e. The number of benzene rings is 2. The van der Waals surface area contributed by atoms with Gasteiger partial charge in [-0.15, -0.1) is 0 Å². The summed E-state index contributed by atoms with van der Waals surface area (Å²) in [6.45, 7) is 2.17. The number of amides is 4. The lowest BCUT2D eigenvalue weighted by Gasteiger charge is -2.25. The Morgan fingerprint density at radius 2 is 1.88 bits per heavy atom. The molecule has 1 aliphatic heterocycles. The van der Waals surface area contributed by atoms with E-state index in [1.54, 1.807) is 49.4 Å². The summed E-state index contributed by atoms with van der Waals surface area (Å²) in [5, 5.41) is 2.17. The van der Waals surface area contributed by atoms with Gasteiger partial charge >= 0.3 is 6.03 Å². The Morgan fingerprint density at radius 1 is 1.03 bits per heavy atom. The molecule has 1 aromatic heterocycles. The van der Waals surface area contributed by atoms with E-state index >= 15 is 0 Å². The number of urea groups is 1. The molecule has 0 atom stereocenters. The molecule has 0 bridgehead atoms. The van der Waals surface area contributed by atoms with Crippen molar-refractivity contribution in [1.29, 1.82) is 0 Å². The molecule has 3 aromatic rings. The van der Waals surface area contributed by atoms with Gasteiger partial charge in [0.1, 0.15) is 23.8 Å². The van der Waals surface area contributed by atoms with Gasteiger partial charge in [-0.3, -0.25) is 19.8 Å². The summed E-state index contributed by atoms with van der Waals surface area (Å²) in [5.41, 5.74) is 0.939. The van der Waals surface area contributed by atoms with E-state index in [9.17, 15) is 18.8 Å². The summed E-state index contributed by atoms with van der Waals surface area (Å²) >= 11 is 0. The van der Waals surface area contributed by atoms with Crippen LogP contribution in [-0.4, -0.2) is 29.4 Å². The summed E-state index contributed by atoms with van der Waals surface area (Å²) in [6.07, 6.45) is 2.80. The molecule has 1 fully saturated rings. The Kier molecular flexibility index (Phi) is 6.72. The number of ether oxygens (including phenoxy) is 2. The zero-order valence-electron chi connectivity index (χ0n) is 18.2. The third-order valence-electron chi connectivity index (χ3n) is 4.94. The van der Waals surface area contributed by atoms with Gasteiger partial charge in [-0.1, -0.05) is 18.2 Å². The first-order valence-electron chi connectivity index (χ1n) is 10.5. The van der Waals surface area contributed by atoms with E-state index in [2.05, 4.69) is 5.32 Å². The minimum absolute atomic E-state index is 0.112. The highest BCUT2D eigenvalue weighted by atomic mass is 19.1. The molecule has 4 amide bonds. The first-order valence-corrected chi connectivity index (χ1v) is 10.5. The van der Waals surface area contributed by atoms with E-state index in [1.165, 1.54) is 24.5 Å². The van der Waals surface area contributed by atoms with Crippen LogP contribution in [0.3, 0.4) is 0 Å². The number of halogens is 1. The number of nitrogens with one attached hydrogen (secondary N) is 1. The van der Waals surface area contributed by atoms with Crippen LogP contribution in [-0.2, 0) is 22.7 Å². The van der Waals surface area contributed by atoms with Crippen LogP contribution in [0, 0.1) is 5.82 Å². The Hall–Kier alpha value is -4.40. The predicted molar refractivity (Wildman–Crippen MR) is 119 cm³/mol. The zero-order valence-corrected chi connectivity index (χ0v) is 18.2. The smallest absolute Gasteiger partial charge is 0.331 e. The van der Waals surface area contributed by atoms with Crippen LogP contribution in [0.4, 0.5) is 9.18 Å². The Labute approximate surface area is 194 Å². The van der Waals surface area contributed by atoms with Crippen LogP contribution in [0.5, 0.6) is 11.5 Å². The average Bonchev–Trinajstić information content (AvgIpc) is 3.32. The molecule has 1 N–H and O–H groups in total. The first kappa shape index (κ1) is 22.8. The fourth-order valence-corrected chi connectivity index (χ4v) is 3.35. The predicted octanol–water partition coefficient (Wildman–Crippen LogP) is 4.06. The molecular weight excluding hydrogens is 443 g/mol. The number of hydrogen-bond donors (Lipinski definition) is 1. The van der Waals surface area contributed by atoms with Gasteiger partial charge in [0.05, 0.1) is 19.4 Å². The molecule has 0 saturated carbocycles. The second kappa shape index (κ2) is 10.0. The number of hydrogen-bond acceptors (Lipinski definition) is 6. The van der Waals surface area contributed by atoms with Crippen LogP contribution in [0.2, 0.25) is 0 Å². The van der Waals surface area contributed by atoms with E-state index in [4.69, 9.17) is 13.9 Å². The number of furan rings is 1. The van der Waals surface area contributed by atoms with Gasteiger partial charge in [0.15, 0.2) is 11.5 Å². The molecule has 2 heterocycles. The van der Waals surface area contributed by atoms with E-state index in [-0.39, 0.29) is 24.5 Å². The van der Waals surface area contributed by atoms with Crippen LogP contribution in [0.1, 0.15) is 23.8 Å². The third-order valence-corrected chi connectivity index (χ3v) is 4.94. The lowest BCUT2D eigenvalue weighted by molar-refractivity contribution is -0.130. The second-order valence-electron chi connectivity index (χ2n) is 7.35. The van der Waals surface area contributed by atoms with Crippen molar-refractivity contribution in [1.82, 2.24) is 10.2 Å². The van der Waals surface area contributed by atoms with Gasteiger partial charge in [0.25, 0.3) is 11.8 Å². The third kappa shape index (κ3) is 5.15. The molecule has 0 spiro atoms. The van der Waals surface area contributed by atoms with Crippen molar-refractivity contribution in [2.24, 2.45) is 0 Å². The van der Waals surface area contributed by atoms with Crippen molar-refractivity contribution in [3.8, 4) is 11.5 Å².